The summed E-state index contributed by atoms with van der Waals surface area (Å²) >= 11 is 0. The summed E-state index contributed by atoms with van der Waals surface area (Å²) in [4.78, 5) is 33.3. The smallest absolute Gasteiger partial charge is 0.317 e. The van der Waals surface area contributed by atoms with Crippen molar-refractivity contribution >= 4 is 11.9 Å². The average molecular weight is 412 g/mol. The maximum absolute atomic E-state index is 12.6. The zero-order valence-electron chi connectivity index (χ0n) is 18.9. The lowest BCUT2D eigenvalue weighted by atomic mass is 10.2. The molecule has 0 saturated carbocycles. The van der Waals surface area contributed by atoms with Gasteiger partial charge in [0.25, 0.3) is 0 Å². The topological polar surface area (TPSA) is 68.4 Å². The van der Waals surface area contributed by atoms with E-state index in [-0.39, 0.29) is 18.0 Å². The van der Waals surface area contributed by atoms with E-state index in [1.807, 2.05) is 23.6 Å². The number of likely N-dealkylation sites (N-methyl/N-ethyl adjacent to an activating group) is 1. The highest BCUT2D eigenvalue weighted by Gasteiger charge is 2.24. The molecule has 2 fully saturated rings. The Morgan fingerprint density at radius 2 is 1.83 bits per heavy atom. The first-order chi connectivity index (χ1) is 13.9. The number of amides is 3. The molecule has 168 valence electrons. The predicted molar refractivity (Wildman–Crippen MR) is 115 cm³/mol. The standard InChI is InChI=1S/C21H41N5O3/c1-5-25(6-2)20(27)17-23-8-7-9-26(11-10-23)21(28)22-14-19-16-24(12-13-29-19)15-18(3)4/h18-19H,5-17H2,1-4H3,(H,22,28). The van der Waals surface area contributed by atoms with Crippen LogP contribution >= 0.6 is 0 Å². The van der Waals surface area contributed by atoms with Crippen molar-refractivity contribution in [3.63, 3.8) is 0 Å². The van der Waals surface area contributed by atoms with Gasteiger partial charge in [0.15, 0.2) is 0 Å². The molecular weight excluding hydrogens is 370 g/mol. The highest BCUT2D eigenvalue weighted by atomic mass is 16.5. The molecule has 2 aliphatic heterocycles. The number of urea groups is 1. The molecule has 1 atom stereocenters. The van der Waals surface area contributed by atoms with E-state index in [1.54, 1.807) is 0 Å². The first-order valence-electron chi connectivity index (χ1n) is 11.3. The number of rotatable bonds is 8. The number of carbonyl (C=O) groups is 2. The quantitative estimate of drug-likeness (QED) is 0.644. The van der Waals surface area contributed by atoms with Crippen molar-refractivity contribution in [2.75, 3.05) is 78.6 Å². The molecule has 8 heteroatoms. The van der Waals surface area contributed by atoms with Gasteiger partial charge in [-0.15, -0.1) is 0 Å². The Bertz CT molecular complexity index is 513. The van der Waals surface area contributed by atoms with Crippen LogP contribution in [0, 0.1) is 5.92 Å². The lowest BCUT2D eigenvalue weighted by molar-refractivity contribution is -0.132. The number of carbonyl (C=O) groups excluding carboxylic acids is 2. The number of hydrogen-bond acceptors (Lipinski definition) is 5. The second-order valence-corrected chi connectivity index (χ2v) is 8.52. The predicted octanol–water partition coefficient (Wildman–Crippen LogP) is 0.929. The molecule has 29 heavy (non-hydrogen) atoms. The van der Waals surface area contributed by atoms with Gasteiger partial charge in [-0.2, -0.15) is 0 Å². The van der Waals surface area contributed by atoms with Gasteiger partial charge in [-0.1, -0.05) is 13.8 Å². The van der Waals surface area contributed by atoms with Crippen LogP contribution in [0.4, 0.5) is 4.79 Å². The summed E-state index contributed by atoms with van der Waals surface area (Å²) in [6.07, 6.45) is 0.947. The molecule has 0 spiro atoms. The van der Waals surface area contributed by atoms with Crippen LogP contribution in [0.15, 0.2) is 0 Å². The van der Waals surface area contributed by atoms with Crippen LogP contribution in [0.5, 0.6) is 0 Å². The SMILES string of the molecule is CCN(CC)C(=O)CN1CCCN(C(=O)NCC2CN(CC(C)C)CCO2)CC1. The zero-order valence-corrected chi connectivity index (χ0v) is 18.9. The van der Waals surface area contributed by atoms with Gasteiger partial charge in [0.1, 0.15) is 0 Å². The van der Waals surface area contributed by atoms with Crippen molar-refractivity contribution in [1.29, 1.82) is 0 Å². The highest BCUT2D eigenvalue weighted by molar-refractivity contribution is 5.78. The van der Waals surface area contributed by atoms with E-state index in [2.05, 4.69) is 29.0 Å². The molecule has 0 aliphatic carbocycles. The Hall–Kier alpha value is -1.38. The number of hydrogen-bond donors (Lipinski definition) is 1. The molecule has 1 N–H and O–H groups in total. The number of nitrogens with zero attached hydrogens (tertiary/aromatic N) is 4. The van der Waals surface area contributed by atoms with Crippen molar-refractivity contribution in [2.24, 2.45) is 5.92 Å². The fourth-order valence-electron chi connectivity index (χ4n) is 4.10. The molecule has 0 bridgehead atoms. The Labute approximate surface area is 176 Å². The third kappa shape index (κ3) is 8.10. The maximum atomic E-state index is 12.6. The minimum atomic E-state index is -0.0218. The Morgan fingerprint density at radius 3 is 2.52 bits per heavy atom. The van der Waals surface area contributed by atoms with Gasteiger partial charge in [0.2, 0.25) is 5.91 Å². The second-order valence-electron chi connectivity index (χ2n) is 8.52. The summed E-state index contributed by atoms with van der Waals surface area (Å²) in [6, 6.07) is -0.0218. The zero-order chi connectivity index (χ0) is 21.2. The fourth-order valence-corrected chi connectivity index (χ4v) is 4.10. The molecule has 0 radical (unpaired) electrons. The molecule has 2 heterocycles. The normalized spacial score (nSPS) is 21.8. The molecule has 1 unspecified atom stereocenters. The van der Waals surface area contributed by atoms with Crippen molar-refractivity contribution < 1.29 is 14.3 Å². The van der Waals surface area contributed by atoms with Gasteiger partial charge in [0, 0.05) is 65.4 Å². The third-order valence-electron chi connectivity index (χ3n) is 5.68. The van der Waals surface area contributed by atoms with Crippen LogP contribution in [-0.4, -0.2) is 116 Å². The molecule has 0 aromatic carbocycles. The Kier molecular flexibility index (Phi) is 10.2. The molecule has 0 aromatic rings. The van der Waals surface area contributed by atoms with Gasteiger partial charge in [-0.25, -0.2) is 4.79 Å². The van der Waals surface area contributed by atoms with Crippen LogP contribution in [-0.2, 0) is 9.53 Å². The minimum absolute atomic E-state index is 0.0218. The summed E-state index contributed by atoms with van der Waals surface area (Å²) in [5.74, 6) is 0.810. The van der Waals surface area contributed by atoms with E-state index < -0.39 is 0 Å². The summed E-state index contributed by atoms with van der Waals surface area (Å²) in [7, 11) is 0. The third-order valence-corrected chi connectivity index (χ3v) is 5.68. The van der Waals surface area contributed by atoms with Gasteiger partial charge >= 0.3 is 6.03 Å². The first-order valence-corrected chi connectivity index (χ1v) is 11.3. The van der Waals surface area contributed by atoms with Crippen molar-refractivity contribution in [3.05, 3.63) is 0 Å². The van der Waals surface area contributed by atoms with Gasteiger partial charge < -0.3 is 19.9 Å². The second kappa shape index (κ2) is 12.3. The van der Waals surface area contributed by atoms with Crippen molar-refractivity contribution in [1.82, 2.24) is 24.9 Å². The maximum Gasteiger partial charge on any atom is 0.317 e. The van der Waals surface area contributed by atoms with Gasteiger partial charge in [-0.3, -0.25) is 14.6 Å². The first kappa shape index (κ1) is 23.9. The summed E-state index contributed by atoms with van der Waals surface area (Å²) < 4.78 is 5.83. The molecule has 3 amide bonds. The van der Waals surface area contributed by atoms with E-state index in [4.69, 9.17) is 4.74 Å². The van der Waals surface area contributed by atoms with Crippen molar-refractivity contribution in [2.45, 2.75) is 40.2 Å². The Morgan fingerprint density at radius 1 is 1.07 bits per heavy atom. The summed E-state index contributed by atoms with van der Waals surface area (Å²) in [6.45, 7) is 17.6. The summed E-state index contributed by atoms with van der Waals surface area (Å²) in [5, 5.41) is 3.06. The van der Waals surface area contributed by atoms with Crippen LogP contribution in [0.1, 0.15) is 34.1 Å². The molecule has 0 aromatic heterocycles. The lowest BCUT2D eigenvalue weighted by Gasteiger charge is -2.34. The van der Waals surface area contributed by atoms with Crippen LogP contribution in [0.25, 0.3) is 0 Å². The van der Waals surface area contributed by atoms with E-state index >= 15 is 0 Å². The summed E-state index contributed by atoms with van der Waals surface area (Å²) in [5.41, 5.74) is 0. The van der Waals surface area contributed by atoms with E-state index in [0.29, 0.717) is 25.6 Å². The van der Waals surface area contributed by atoms with Gasteiger partial charge in [0.05, 0.1) is 19.3 Å². The van der Waals surface area contributed by atoms with Crippen LogP contribution in [0.2, 0.25) is 0 Å². The number of ether oxygens (including phenoxy) is 1. The molecule has 2 saturated heterocycles. The lowest BCUT2D eigenvalue weighted by Crippen LogP contribution is -2.50. The van der Waals surface area contributed by atoms with Crippen molar-refractivity contribution in [3.8, 4) is 0 Å². The minimum Gasteiger partial charge on any atom is -0.374 e. The Balaban J connectivity index is 1.72. The van der Waals surface area contributed by atoms with Crippen LogP contribution < -0.4 is 5.32 Å². The largest absolute Gasteiger partial charge is 0.374 e. The van der Waals surface area contributed by atoms with Crippen LogP contribution in [0.3, 0.4) is 0 Å². The van der Waals surface area contributed by atoms with E-state index in [1.165, 1.54) is 0 Å². The fraction of sp³-hybridized carbons (Fsp3) is 0.905. The molecule has 8 nitrogen and oxygen atoms in total. The number of nitrogens with one attached hydrogen (secondary N) is 1. The van der Waals surface area contributed by atoms with E-state index in [9.17, 15) is 9.59 Å². The molecular formula is C21H41N5O3. The average Bonchev–Trinajstić information content (AvgIpc) is 2.92. The molecule has 2 rings (SSSR count). The highest BCUT2D eigenvalue weighted by Crippen LogP contribution is 2.08. The number of morpholine rings is 1. The monoisotopic (exact) mass is 411 g/mol. The molecule has 2 aliphatic rings. The van der Waals surface area contributed by atoms with E-state index in [0.717, 1.165) is 65.4 Å². The van der Waals surface area contributed by atoms with Gasteiger partial charge in [-0.05, 0) is 26.2 Å².